The number of nitriles is 1. The van der Waals surface area contributed by atoms with E-state index in [1.807, 2.05) is 45.0 Å². The Balaban J connectivity index is 0.000000481. The molecule has 0 saturated carbocycles. The van der Waals surface area contributed by atoms with Gasteiger partial charge in [-0.2, -0.15) is 5.26 Å². The number of amides is 1. The second-order valence-electron chi connectivity index (χ2n) is 6.43. The van der Waals surface area contributed by atoms with Crippen molar-refractivity contribution in [1.29, 1.82) is 5.26 Å². The Bertz CT molecular complexity index is 1110. The zero-order chi connectivity index (χ0) is 22.4. The van der Waals surface area contributed by atoms with Gasteiger partial charge in [-0.25, -0.2) is 0 Å². The van der Waals surface area contributed by atoms with Crippen molar-refractivity contribution in [2.24, 2.45) is 10.7 Å². The first kappa shape index (κ1) is 23.0. The molecule has 8 heteroatoms. The lowest BCUT2D eigenvalue weighted by Gasteiger charge is -2.09. The van der Waals surface area contributed by atoms with Gasteiger partial charge in [-0.3, -0.25) is 14.4 Å². The fraction of sp³-hybridized carbons (Fsp3) is 0.318. The van der Waals surface area contributed by atoms with E-state index in [0.29, 0.717) is 12.1 Å². The van der Waals surface area contributed by atoms with Crippen LogP contribution in [0.15, 0.2) is 29.3 Å². The third-order valence-corrected chi connectivity index (χ3v) is 5.56. The maximum Gasteiger partial charge on any atom is 0.214 e. The molecule has 3 aromatic rings. The van der Waals surface area contributed by atoms with Crippen LogP contribution in [0.5, 0.6) is 0 Å². The Kier molecular flexibility index (Phi) is 7.61. The molecule has 0 spiro atoms. The van der Waals surface area contributed by atoms with Crippen LogP contribution in [0.4, 0.5) is 0 Å². The first-order chi connectivity index (χ1) is 14.3. The maximum absolute atomic E-state index is 9.22. The Morgan fingerprint density at radius 3 is 2.33 bits per heavy atom. The smallest absolute Gasteiger partial charge is 0.214 e. The van der Waals surface area contributed by atoms with E-state index in [1.54, 1.807) is 11.3 Å². The Morgan fingerprint density at radius 1 is 1.17 bits per heavy atom. The molecule has 0 unspecified atom stereocenters. The fourth-order valence-corrected chi connectivity index (χ4v) is 4.21. The molecule has 1 aliphatic heterocycles. The van der Waals surface area contributed by atoms with Gasteiger partial charge in [0.15, 0.2) is 5.82 Å². The lowest BCUT2D eigenvalue weighted by molar-refractivity contribution is -0.115. The summed E-state index contributed by atoms with van der Waals surface area (Å²) in [5, 5.41) is 18.6. The molecule has 0 aliphatic carbocycles. The van der Waals surface area contributed by atoms with E-state index in [2.05, 4.69) is 40.4 Å². The Hall–Kier alpha value is -3.31. The predicted molar refractivity (Wildman–Crippen MR) is 120 cm³/mol. The third kappa shape index (κ3) is 4.63. The van der Waals surface area contributed by atoms with E-state index in [1.165, 1.54) is 17.4 Å². The van der Waals surface area contributed by atoms with Crippen molar-refractivity contribution >= 4 is 23.0 Å². The van der Waals surface area contributed by atoms with E-state index in [9.17, 15) is 4.79 Å². The first-order valence-corrected chi connectivity index (χ1v) is 10.5. The van der Waals surface area contributed by atoms with Gasteiger partial charge < -0.3 is 5.73 Å². The second-order valence-corrected chi connectivity index (χ2v) is 7.63. The highest BCUT2D eigenvalue weighted by Gasteiger charge is 2.26. The number of hydrogen-bond acceptors (Lipinski definition) is 6. The van der Waals surface area contributed by atoms with E-state index >= 15 is 0 Å². The predicted octanol–water partition coefficient (Wildman–Crippen LogP) is 3.99. The van der Waals surface area contributed by atoms with Crippen LogP contribution in [0.1, 0.15) is 59.6 Å². The molecular weight excluding hydrogens is 396 g/mol. The van der Waals surface area contributed by atoms with Gasteiger partial charge in [0.2, 0.25) is 5.91 Å². The highest BCUT2D eigenvalue weighted by Crippen LogP contribution is 2.36. The molecule has 0 atom stereocenters. The van der Waals surface area contributed by atoms with E-state index < -0.39 is 0 Å². The number of nitrogens with two attached hydrogens (primary N) is 1. The Labute approximate surface area is 180 Å². The minimum Gasteiger partial charge on any atom is -0.370 e. The van der Waals surface area contributed by atoms with Crippen molar-refractivity contribution in [1.82, 2.24) is 14.8 Å². The topological polar surface area (TPSA) is 110 Å². The number of aliphatic imine (C=N–C) groups is 1. The van der Waals surface area contributed by atoms with Crippen LogP contribution in [0.25, 0.3) is 5.00 Å². The molecule has 0 fully saturated rings. The quantitative estimate of drug-likeness (QED) is 0.639. The number of aromatic nitrogens is 3. The first-order valence-electron chi connectivity index (χ1n) is 9.66. The summed E-state index contributed by atoms with van der Waals surface area (Å²) in [6.07, 6.45) is 0. The van der Waals surface area contributed by atoms with Crippen LogP contribution in [0.2, 0.25) is 0 Å². The summed E-state index contributed by atoms with van der Waals surface area (Å²) in [5.74, 6) is 1.41. The number of hydrogen-bond donors (Lipinski definition) is 1. The van der Waals surface area contributed by atoms with Gasteiger partial charge in [0.25, 0.3) is 0 Å². The van der Waals surface area contributed by atoms with Crippen LogP contribution in [0, 0.1) is 32.1 Å². The number of carbonyl (C=O) groups excluding carboxylic acids is 1. The zero-order valence-corrected chi connectivity index (χ0v) is 19.0. The number of nitrogens with zero attached hydrogens (tertiary/aromatic N) is 5. The SMILES string of the molecule is CC.CC(N)=O.Cc1sc2c(c1C)C(c1ccc(C#N)cc1)=NCc1nnc(C)n1-2. The Morgan fingerprint density at radius 2 is 1.77 bits per heavy atom. The normalized spacial score (nSPS) is 11.3. The molecule has 7 nitrogen and oxygen atoms in total. The molecule has 1 amide bonds. The van der Waals surface area contributed by atoms with Crippen molar-refractivity contribution < 1.29 is 4.79 Å². The number of fused-ring (bicyclic) bond motifs is 3. The molecule has 3 heterocycles. The third-order valence-electron chi connectivity index (χ3n) is 4.36. The summed E-state index contributed by atoms with van der Waals surface area (Å²) in [7, 11) is 0. The number of carbonyl (C=O) groups is 1. The lowest BCUT2D eigenvalue weighted by Crippen LogP contribution is -2.07. The average molecular weight is 423 g/mol. The summed E-state index contributed by atoms with van der Waals surface area (Å²) >= 11 is 1.75. The standard InChI is InChI=1S/C18H15N5S.C2H5NO.C2H6/c1-10-11(2)24-18-16(10)17(14-6-4-13(8-19)5-7-14)20-9-15-22-21-12(3)23(15)18;1-2(3)4;1-2/h4-7H,9H2,1-3H3;1H3,(H2,3,4);1-2H3. The van der Waals surface area contributed by atoms with Crippen LogP contribution < -0.4 is 5.73 Å². The summed E-state index contributed by atoms with van der Waals surface area (Å²) in [6.45, 7) is 12.0. The maximum atomic E-state index is 9.22. The van der Waals surface area contributed by atoms with Crippen LogP contribution in [-0.2, 0) is 11.3 Å². The van der Waals surface area contributed by atoms with Crippen LogP contribution in [0.3, 0.4) is 0 Å². The van der Waals surface area contributed by atoms with Gasteiger partial charge in [0, 0.05) is 22.9 Å². The largest absolute Gasteiger partial charge is 0.370 e. The number of primary amides is 1. The molecule has 0 bridgehead atoms. The fourth-order valence-electron chi connectivity index (χ4n) is 2.99. The number of thiophene rings is 1. The van der Waals surface area contributed by atoms with Gasteiger partial charge in [0.1, 0.15) is 17.4 Å². The molecule has 1 aliphatic rings. The van der Waals surface area contributed by atoms with Crippen molar-refractivity contribution in [2.45, 2.75) is 48.1 Å². The van der Waals surface area contributed by atoms with Gasteiger partial charge in [-0.15, -0.1) is 21.5 Å². The van der Waals surface area contributed by atoms with Crippen molar-refractivity contribution in [3.63, 3.8) is 0 Å². The second kappa shape index (κ2) is 9.94. The number of aryl methyl sites for hydroxylation is 2. The monoisotopic (exact) mass is 422 g/mol. The number of rotatable bonds is 1. The molecule has 0 saturated heterocycles. The summed E-state index contributed by atoms with van der Waals surface area (Å²) in [6, 6.07) is 9.76. The average Bonchev–Trinajstić information content (AvgIpc) is 3.17. The van der Waals surface area contributed by atoms with Gasteiger partial charge in [-0.1, -0.05) is 26.0 Å². The van der Waals surface area contributed by atoms with E-state index in [-0.39, 0.29) is 5.91 Å². The molecule has 0 radical (unpaired) electrons. The highest BCUT2D eigenvalue weighted by atomic mass is 32.1. The highest BCUT2D eigenvalue weighted by molar-refractivity contribution is 7.15. The molecule has 2 aromatic heterocycles. The van der Waals surface area contributed by atoms with Crippen molar-refractivity contribution in [3.8, 4) is 11.1 Å². The van der Waals surface area contributed by atoms with Crippen LogP contribution in [-0.4, -0.2) is 26.4 Å². The van der Waals surface area contributed by atoms with E-state index in [0.717, 1.165) is 33.5 Å². The molecule has 1 aromatic carbocycles. The minimum atomic E-state index is -0.333. The molecule has 4 rings (SSSR count). The minimum absolute atomic E-state index is 0.333. The molecule has 156 valence electrons. The molecule has 2 N–H and O–H groups in total. The lowest BCUT2D eigenvalue weighted by atomic mass is 9.99. The van der Waals surface area contributed by atoms with E-state index in [4.69, 9.17) is 10.3 Å². The summed E-state index contributed by atoms with van der Waals surface area (Å²) < 4.78 is 2.11. The number of benzene rings is 1. The molecule has 30 heavy (non-hydrogen) atoms. The molecular formula is C22H26N6OS. The van der Waals surface area contributed by atoms with Crippen molar-refractivity contribution in [3.05, 3.63) is 63.0 Å². The van der Waals surface area contributed by atoms with Crippen molar-refractivity contribution in [2.75, 3.05) is 0 Å². The van der Waals surface area contributed by atoms with Gasteiger partial charge in [0.05, 0.1) is 17.3 Å². The van der Waals surface area contributed by atoms with Gasteiger partial charge in [-0.05, 0) is 38.5 Å². The van der Waals surface area contributed by atoms with Gasteiger partial charge >= 0.3 is 0 Å². The summed E-state index contributed by atoms with van der Waals surface area (Å²) in [5.41, 5.74) is 9.48. The zero-order valence-electron chi connectivity index (χ0n) is 18.1. The van der Waals surface area contributed by atoms with Crippen LogP contribution >= 0.6 is 11.3 Å². The summed E-state index contributed by atoms with van der Waals surface area (Å²) in [4.78, 5) is 15.3.